The van der Waals surface area contributed by atoms with Crippen molar-refractivity contribution >= 4 is 11.7 Å². The Morgan fingerprint density at radius 1 is 1.15 bits per heavy atom. The Bertz CT molecular complexity index is 1100. The van der Waals surface area contributed by atoms with Gasteiger partial charge in [0, 0.05) is 38.4 Å². The van der Waals surface area contributed by atoms with Crippen LogP contribution in [0, 0.1) is 5.82 Å². The van der Waals surface area contributed by atoms with Gasteiger partial charge in [0.05, 0.1) is 24.0 Å². The number of benzene rings is 2. The van der Waals surface area contributed by atoms with Crippen molar-refractivity contribution in [3.63, 3.8) is 0 Å². The number of nitrogens with zero attached hydrogens (tertiary/aromatic N) is 4. The first kappa shape index (κ1) is 24.0. The molecule has 1 atom stereocenters. The van der Waals surface area contributed by atoms with Gasteiger partial charge < -0.3 is 14.5 Å². The lowest BCUT2D eigenvalue weighted by Gasteiger charge is -2.27. The van der Waals surface area contributed by atoms with Gasteiger partial charge in [0.25, 0.3) is 5.91 Å². The zero-order valence-corrected chi connectivity index (χ0v) is 20.4. The summed E-state index contributed by atoms with van der Waals surface area (Å²) in [5.74, 6) is 0.619. The van der Waals surface area contributed by atoms with Crippen LogP contribution in [0.3, 0.4) is 0 Å². The van der Waals surface area contributed by atoms with E-state index < -0.39 is 0 Å². The Morgan fingerprint density at radius 2 is 1.85 bits per heavy atom. The van der Waals surface area contributed by atoms with Crippen LogP contribution in [0.1, 0.15) is 54.2 Å². The second-order valence-corrected chi connectivity index (χ2v) is 9.31. The van der Waals surface area contributed by atoms with E-state index in [1.165, 1.54) is 12.1 Å². The Morgan fingerprint density at radius 3 is 2.44 bits per heavy atom. The van der Waals surface area contributed by atoms with E-state index in [2.05, 4.69) is 13.8 Å². The van der Waals surface area contributed by atoms with Crippen LogP contribution >= 0.6 is 0 Å². The first-order chi connectivity index (χ1) is 16.3. The van der Waals surface area contributed by atoms with E-state index in [4.69, 9.17) is 9.84 Å². The molecule has 1 fully saturated rings. The summed E-state index contributed by atoms with van der Waals surface area (Å²) >= 11 is 0. The van der Waals surface area contributed by atoms with Crippen LogP contribution in [0.5, 0.6) is 0 Å². The molecule has 1 aliphatic heterocycles. The van der Waals surface area contributed by atoms with Gasteiger partial charge in [-0.2, -0.15) is 5.10 Å². The fourth-order valence-corrected chi connectivity index (χ4v) is 4.50. The lowest BCUT2D eigenvalue weighted by atomic mass is 10.0. The number of carbonyl (C=O) groups is 1. The van der Waals surface area contributed by atoms with Gasteiger partial charge in [-0.3, -0.25) is 4.79 Å². The molecule has 1 aromatic heterocycles. The molecule has 34 heavy (non-hydrogen) atoms. The topological polar surface area (TPSA) is 50.6 Å². The van der Waals surface area contributed by atoms with Crippen molar-refractivity contribution in [2.24, 2.45) is 0 Å². The molecule has 0 saturated carbocycles. The van der Waals surface area contributed by atoms with Crippen molar-refractivity contribution in [3.05, 3.63) is 77.2 Å². The van der Waals surface area contributed by atoms with E-state index in [1.54, 1.807) is 12.1 Å². The molecule has 4 rings (SSSR count). The van der Waals surface area contributed by atoms with Gasteiger partial charge in [-0.15, -0.1) is 0 Å². The van der Waals surface area contributed by atoms with E-state index in [9.17, 15) is 9.18 Å². The SMILES string of the molecule is CC(C)c1nn(-c2ccccc2)c(N(C)C)c1CN(C[C@@H]1CCCO1)C(=O)c1ccc(F)cc1. The zero-order chi connectivity index (χ0) is 24.2. The van der Waals surface area contributed by atoms with E-state index in [0.717, 1.165) is 42.2 Å². The first-order valence-corrected chi connectivity index (χ1v) is 11.9. The zero-order valence-electron chi connectivity index (χ0n) is 20.4. The average Bonchev–Trinajstić information content (AvgIpc) is 3.47. The van der Waals surface area contributed by atoms with E-state index in [0.29, 0.717) is 18.7 Å². The number of hydrogen-bond acceptors (Lipinski definition) is 4. The Hall–Kier alpha value is -3.19. The number of carbonyl (C=O) groups excluding carboxylic acids is 1. The molecule has 1 aliphatic rings. The van der Waals surface area contributed by atoms with Gasteiger partial charge in [0.15, 0.2) is 0 Å². The van der Waals surface area contributed by atoms with Crippen LogP contribution < -0.4 is 4.90 Å². The molecule has 6 nitrogen and oxygen atoms in total. The highest BCUT2D eigenvalue weighted by molar-refractivity contribution is 5.94. The molecule has 0 radical (unpaired) electrons. The number of anilines is 1. The minimum Gasteiger partial charge on any atom is -0.376 e. The molecule has 3 aromatic rings. The van der Waals surface area contributed by atoms with Crippen molar-refractivity contribution in [1.82, 2.24) is 14.7 Å². The summed E-state index contributed by atoms with van der Waals surface area (Å²) in [4.78, 5) is 17.5. The molecule has 2 aromatic carbocycles. The highest BCUT2D eigenvalue weighted by atomic mass is 19.1. The van der Waals surface area contributed by atoms with Crippen molar-refractivity contribution in [3.8, 4) is 5.69 Å². The second-order valence-electron chi connectivity index (χ2n) is 9.31. The standard InChI is InChI=1S/C27H33FN4O2/c1-19(2)25-24(26(30(3)4)32(29-25)22-9-6-5-7-10-22)18-31(17-23-11-8-16-34-23)27(33)20-12-14-21(28)15-13-20/h5-7,9-10,12-15,19,23H,8,11,16-18H2,1-4H3/t23-/m0/s1. The molecule has 2 heterocycles. The molecule has 1 saturated heterocycles. The fraction of sp³-hybridized carbons (Fsp3) is 0.407. The van der Waals surface area contributed by atoms with Crippen LogP contribution in [-0.2, 0) is 11.3 Å². The van der Waals surface area contributed by atoms with Crippen molar-refractivity contribution in [1.29, 1.82) is 0 Å². The number of aromatic nitrogens is 2. The predicted molar refractivity (Wildman–Crippen MR) is 132 cm³/mol. The minimum atomic E-state index is -0.358. The molecule has 0 unspecified atom stereocenters. The minimum absolute atomic E-state index is 0.00104. The number of halogens is 1. The van der Waals surface area contributed by atoms with Crippen LogP contribution in [0.2, 0.25) is 0 Å². The monoisotopic (exact) mass is 464 g/mol. The molecule has 0 spiro atoms. The summed E-state index contributed by atoms with van der Waals surface area (Å²) in [6, 6.07) is 15.8. The Kier molecular flexibility index (Phi) is 7.32. The summed E-state index contributed by atoms with van der Waals surface area (Å²) in [5.41, 5.74) is 3.40. The second kappa shape index (κ2) is 10.4. The van der Waals surface area contributed by atoms with Crippen LogP contribution in [0.15, 0.2) is 54.6 Å². The molecule has 7 heteroatoms. The van der Waals surface area contributed by atoms with Crippen molar-refractivity contribution in [2.45, 2.75) is 45.3 Å². The third kappa shape index (κ3) is 5.14. The maximum Gasteiger partial charge on any atom is 0.254 e. The number of ether oxygens (including phenoxy) is 1. The fourth-order valence-electron chi connectivity index (χ4n) is 4.50. The highest BCUT2D eigenvalue weighted by Crippen LogP contribution is 2.32. The molecule has 180 valence electrons. The van der Waals surface area contributed by atoms with Crippen molar-refractivity contribution in [2.75, 3.05) is 32.1 Å². The van der Waals surface area contributed by atoms with Crippen LogP contribution in [0.25, 0.3) is 5.69 Å². The van der Waals surface area contributed by atoms with Gasteiger partial charge in [-0.1, -0.05) is 32.0 Å². The summed E-state index contributed by atoms with van der Waals surface area (Å²) in [7, 11) is 3.99. The van der Waals surface area contributed by atoms with E-state index in [-0.39, 0.29) is 23.7 Å². The van der Waals surface area contributed by atoms with E-state index >= 15 is 0 Å². The van der Waals surface area contributed by atoms with Gasteiger partial charge in [-0.05, 0) is 55.2 Å². The smallest absolute Gasteiger partial charge is 0.254 e. The van der Waals surface area contributed by atoms with Gasteiger partial charge in [-0.25, -0.2) is 9.07 Å². The predicted octanol–water partition coefficient (Wildman–Crippen LogP) is 5.02. The van der Waals surface area contributed by atoms with E-state index in [1.807, 2.05) is 58.9 Å². The van der Waals surface area contributed by atoms with Gasteiger partial charge >= 0.3 is 0 Å². The van der Waals surface area contributed by atoms with Gasteiger partial charge in [0.2, 0.25) is 0 Å². The molecule has 1 amide bonds. The number of hydrogen-bond donors (Lipinski definition) is 0. The Balaban J connectivity index is 1.77. The first-order valence-electron chi connectivity index (χ1n) is 11.9. The quantitative estimate of drug-likeness (QED) is 0.470. The van der Waals surface area contributed by atoms with Crippen LogP contribution in [0.4, 0.5) is 10.2 Å². The number of rotatable bonds is 8. The summed E-state index contributed by atoms with van der Waals surface area (Å²) in [6.45, 7) is 5.83. The summed E-state index contributed by atoms with van der Waals surface area (Å²) in [5, 5.41) is 4.99. The lowest BCUT2D eigenvalue weighted by molar-refractivity contribution is 0.0507. The van der Waals surface area contributed by atoms with Crippen molar-refractivity contribution < 1.29 is 13.9 Å². The molecular formula is C27H33FN4O2. The lowest BCUT2D eigenvalue weighted by Crippen LogP contribution is -2.37. The summed E-state index contributed by atoms with van der Waals surface area (Å²) in [6.07, 6.45) is 1.92. The molecule has 0 bridgehead atoms. The maximum absolute atomic E-state index is 13.6. The third-order valence-corrected chi connectivity index (χ3v) is 6.13. The maximum atomic E-state index is 13.6. The molecular weight excluding hydrogens is 431 g/mol. The normalized spacial score (nSPS) is 15.6. The highest BCUT2D eigenvalue weighted by Gasteiger charge is 2.29. The number of amides is 1. The summed E-state index contributed by atoms with van der Waals surface area (Å²) < 4.78 is 21.3. The largest absolute Gasteiger partial charge is 0.376 e. The Labute approximate surface area is 200 Å². The average molecular weight is 465 g/mol. The number of para-hydroxylation sites is 1. The third-order valence-electron chi connectivity index (χ3n) is 6.13. The molecule has 0 N–H and O–H groups in total. The van der Waals surface area contributed by atoms with Gasteiger partial charge in [0.1, 0.15) is 11.6 Å². The van der Waals surface area contributed by atoms with Crippen LogP contribution in [-0.4, -0.2) is 53.9 Å². The molecule has 0 aliphatic carbocycles.